The maximum Gasteiger partial charge on any atom is 0.119 e. The number of rotatable bonds is 5. The van der Waals surface area contributed by atoms with Gasteiger partial charge in [0.2, 0.25) is 0 Å². The van der Waals surface area contributed by atoms with Crippen LogP contribution >= 0.6 is 0 Å². The molecule has 3 nitrogen and oxygen atoms in total. The average molecular weight is 319 g/mol. The Kier molecular flexibility index (Phi) is 4.92. The largest absolute Gasteiger partial charge is 0.491 e. The smallest absolute Gasteiger partial charge is 0.119 e. The Labute approximate surface area is 142 Å². The van der Waals surface area contributed by atoms with E-state index in [9.17, 15) is 0 Å². The number of nitrogens with zero attached hydrogens (tertiary/aromatic N) is 1. The van der Waals surface area contributed by atoms with Gasteiger partial charge in [-0.2, -0.15) is 0 Å². The van der Waals surface area contributed by atoms with Gasteiger partial charge in [-0.1, -0.05) is 42.5 Å². The van der Waals surface area contributed by atoms with Gasteiger partial charge < -0.3 is 9.84 Å². The molecule has 24 heavy (non-hydrogen) atoms. The van der Waals surface area contributed by atoms with Crippen molar-refractivity contribution in [1.82, 2.24) is 4.98 Å². The molecule has 0 aliphatic rings. The lowest BCUT2D eigenvalue weighted by molar-refractivity contribution is 0.242. The summed E-state index contributed by atoms with van der Waals surface area (Å²) in [5.74, 6) is 0.888. The lowest BCUT2D eigenvalue weighted by atomic mass is 10.0. The monoisotopic (exact) mass is 319 g/mol. The van der Waals surface area contributed by atoms with Crippen LogP contribution in [0.25, 0.3) is 22.4 Å². The van der Waals surface area contributed by atoms with Gasteiger partial charge in [0.25, 0.3) is 0 Å². The van der Waals surface area contributed by atoms with Gasteiger partial charge in [-0.3, -0.25) is 4.98 Å². The zero-order chi connectivity index (χ0) is 16.9. The topological polar surface area (TPSA) is 42.4 Å². The van der Waals surface area contributed by atoms with Crippen LogP contribution in [0.4, 0.5) is 0 Å². The molecular formula is C21H21NO2. The fourth-order valence-electron chi connectivity index (χ4n) is 2.52. The third-order valence-corrected chi connectivity index (χ3v) is 3.75. The lowest BCUT2D eigenvalue weighted by Gasteiger charge is -2.10. The fourth-order valence-corrected chi connectivity index (χ4v) is 2.52. The molecule has 0 aliphatic heterocycles. The van der Waals surface area contributed by atoms with Gasteiger partial charge in [0.05, 0.1) is 18.4 Å². The molecular weight excluding hydrogens is 298 g/mol. The third-order valence-electron chi connectivity index (χ3n) is 3.75. The molecule has 0 radical (unpaired) electrons. The fraction of sp³-hybridized carbons (Fsp3) is 0.190. The van der Waals surface area contributed by atoms with Crippen molar-refractivity contribution in [1.29, 1.82) is 0 Å². The molecule has 2 aromatic carbocycles. The van der Waals surface area contributed by atoms with E-state index in [4.69, 9.17) is 9.84 Å². The minimum atomic E-state index is 0.0166. The second kappa shape index (κ2) is 7.28. The van der Waals surface area contributed by atoms with E-state index in [1.807, 2.05) is 38.1 Å². The van der Waals surface area contributed by atoms with Crippen LogP contribution in [-0.4, -0.2) is 16.2 Å². The van der Waals surface area contributed by atoms with E-state index in [1.54, 1.807) is 6.20 Å². The van der Waals surface area contributed by atoms with Crippen LogP contribution < -0.4 is 4.74 Å². The van der Waals surface area contributed by atoms with Crippen LogP contribution in [0.5, 0.6) is 5.75 Å². The average Bonchev–Trinajstić information content (AvgIpc) is 2.62. The Morgan fingerprint density at radius 1 is 0.833 bits per heavy atom. The first-order valence-electron chi connectivity index (χ1n) is 8.09. The summed E-state index contributed by atoms with van der Waals surface area (Å²) in [6.45, 7) is 4.06. The molecule has 3 aromatic rings. The van der Waals surface area contributed by atoms with Gasteiger partial charge in [-0.25, -0.2) is 0 Å². The quantitative estimate of drug-likeness (QED) is 0.741. The number of ether oxygens (including phenoxy) is 1. The Morgan fingerprint density at radius 2 is 1.42 bits per heavy atom. The van der Waals surface area contributed by atoms with E-state index in [0.29, 0.717) is 0 Å². The number of aromatic nitrogens is 1. The van der Waals surface area contributed by atoms with Crippen molar-refractivity contribution in [2.75, 3.05) is 0 Å². The van der Waals surface area contributed by atoms with Crippen molar-refractivity contribution in [3.8, 4) is 28.1 Å². The standard InChI is InChI=1S/C21H21NO2/c1-15(2)24-20-10-8-18(9-11-20)17-4-6-19(7-5-17)21-12-3-16(14-23)13-22-21/h3-13,15,23H,14H2,1-2H3. The highest BCUT2D eigenvalue weighted by Crippen LogP contribution is 2.26. The summed E-state index contributed by atoms with van der Waals surface area (Å²) in [6.07, 6.45) is 1.89. The van der Waals surface area contributed by atoms with Gasteiger partial charge in [-0.05, 0) is 48.7 Å². The van der Waals surface area contributed by atoms with E-state index in [-0.39, 0.29) is 12.7 Å². The Hall–Kier alpha value is -2.65. The highest BCUT2D eigenvalue weighted by Gasteiger charge is 2.03. The summed E-state index contributed by atoms with van der Waals surface area (Å²) in [6, 6.07) is 20.3. The Bertz CT molecular complexity index is 776. The third kappa shape index (κ3) is 3.81. The van der Waals surface area contributed by atoms with Crippen molar-refractivity contribution in [2.24, 2.45) is 0 Å². The van der Waals surface area contributed by atoms with Gasteiger partial charge in [0, 0.05) is 11.8 Å². The van der Waals surface area contributed by atoms with Crippen molar-refractivity contribution in [3.05, 3.63) is 72.4 Å². The highest BCUT2D eigenvalue weighted by atomic mass is 16.5. The molecule has 0 unspecified atom stereocenters. The number of pyridine rings is 1. The predicted molar refractivity (Wildman–Crippen MR) is 96.8 cm³/mol. The van der Waals surface area contributed by atoms with Crippen molar-refractivity contribution >= 4 is 0 Å². The van der Waals surface area contributed by atoms with Gasteiger partial charge in [0.1, 0.15) is 5.75 Å². The number of hydrogen-bond acceptors (Lipinski definition) is 3. The Morgan fingerprint density at radius 3 is 1.92 bits per heavy atom. The molecule has 0 amide bonds. The van der Waals surface area contributed by atoms with Crippen LogP contribution in [-0.2, 0) is 6.61 Å². The van der Waals surface area contributed by atoms with Crippen molar-refractivity contribution in [2.45, 2.75) is 26.6 Å². The predicted octanol–water partition coefficient (Wildman–Crippen LogP) is 4.70. The van der Waals surface area contributed by atoms with E-state index in [1.165, 1.54) is 0 Å². The second-order valence-electron chi connectivity index (χ2n) is 5.98. The number of aliphatic hydroxyl groups is 1. The lowest BCUT2D eigenvalue weighted by Crippen LogP contribution is -2.05. The van der Waals surface area contributed by atoms with Crippen LogP contribution in [0.3, 0.4) is 0 Å². The van der Waals surface area contributed by atoms with E-state index < -0.39 is 0 Å². The van der Waals surface area contributed by atoms with Crippen LogP contribution in [0.1, 0.15) is 19.4 Å². The molecule has 0 fully saturated rings. The molecule has 0 saturated carbocycles. The molecule has 0 atom stereocenters. The van der Waals surface area contributed by atoms with Gasteiger partial charge in [0.15, 0.2) is 0 Å². The van der Waals surface area contributed by atoms with Gasteiger partial charge >= 0.3 is 0 Å². The summed E-state index contributed by atoms with van der Waals surface area (Å²) >= 11 is 0. The van der Waals surface area contributed by atoms with E-state index in [2.05, 4.69) is 41.4 Å². The molecule has 0 bridgehead atoms. The van der Waals surface area contributed by atoms with Crippen molar-refractivity contribution < 1.29 is 9.84 Å². The minimum Gasteiger partial charge on any atom is -0.491 e. The SMILES string of the molecule is CC(C)Oc1ccc(-c2ccc(-c3ccc(CO)cn3)cc2)cc1. The van der Waals surface area contributed by atoms with Crippen LogP contribution in [0.15, 0.2) is 66.9 Å². The molecule has 0 aliphatic carbocycles. The first-order valence-corrected chi connectivity index (χ1v) is 8.09. The van der Waals surface area contributed by atoms with Crippen LogP contribution in [0.2, 0.25) is 0 Å². The number of hydrogen-bond donors (Lipinski definition) is 1. The number of aliphatic hydroxyl groups excluding tert-OH is 1. The number of benzene rings is 2. The minimum absolute atomic E-state index is 0.0166. The first-order chi connectivity index (χ1) is 11.7. The van der Waals surface area contributed by atoms with Crippen molar-refractivity contribution in [3.63, 3.8) is 0 Å². The molecule has 3 heteroatoms. The second-order valence-corrected chi connectivity index (χ2v) is 5.98. The maximum absolute atomic E-state index is 9.08. The summed E-state index contributed by atoms with van der Waals surface area (Å²) < 4.78 is 5.67. The normalized spacial score (nSPS) is 10.8. The molecule has 1 heterocycles. The summed E-state index contributed by atoms with van der Waals surface area (Å²) in [5, 5.41) is 9.08. The summed E-state index contributed by atoms with van der Waals surface area (Å²) in [4.78, 5) is 4.38. The maximum atomic E-state index is 9.08. The zero-order valence-corrected chi connectivity index (χ0v) is 13.9. The molecule has 1 aromatic heterocycles. The zero-order valence-electron chi connectivity index (χ0n) is 13.9. The molecule has 122 valence electrons. The Balaban J connectivity index is 1.78. The van der Waals surface area contributed by atoms with E-state index in [0.717, 1.165) is 33.7 Å². The first kappa shape index (κ1) is 16.2. The van der Waals surface area contributed by atoms with Crippen LogP contribution in [0, 0.1) is 0 Å². The summed E-state index contributed by atoms with van der Waals surface area (Å²) in [5.41, 5.74) is 5.09. The molecule has 0 spiro atoms. The van der Waals surface area contributed by atoms with E-state index >= 15 is 0 Å². The summed E-state index contributed by atoms with van der Waals surface area (Å²) in [7, 11) is 0. The highest BCUT2D eigenvalue weighted by molar-refractivity contribution is 5.69. The molecule has 3 rings (SSSR count). The molecule has 0 saturated heterocycles. The molecule has 1 N–H and O–H groups in total. The van der Waals surface area contributed by atoms with Gasteiger partial charge in [-0.15, -0.1) is 0 Å².